The summed E-state index contributed by atoms with van der Waals surface area (Å²) >= 11 is 0. The van der Waals surface area contributed by atoms with Crippen LogP contribution in [-0.4, -0.2) is 10.9 Å². The van der Waals surface area contributed by atoms with Gasteiger partial charge in [-0.3, -0.25) is 9.59 Å². The monoisotopic (exact) mass is 187 g/mol. The molecule has 0 aliphatic carbocycles. The van der Waals surface area contributed by atoms with Crippen LogP contribution in [0.4, 0.5) is 0 Å². The van der Waals surface area contributed by atoms with Crippen molar-refractivity contribution in [3.63, 3.8) is 0 Å². The molecule has 2 rings (SSSR count). The molecule has 0 atom stereocenters. The third-order valence-electron chi connectivity index (χ3n) is 2.29. The maximum Gasteiger partial charge on any atom is 0.250 e. The zero-order valence-corrected chi connectivity index (χ0v) is 7.73. The predicted molar refractivity (Wildman–Crippen MR) is 54.6 cm³/mol. The summed E-state index contributed by atoms with van der Waals surface area (Å²) in [5.74, 6) is 0. The Morgan fingerprint density at radius 2 is 1.93 bits per heavy atom. The second-order valence-corrected chi connectivity index (χ2v) is 3.17. The lowest BCUT2D eigenvalue weighted by Gasteiger charge is -2.03. The molecule has 0 saturated heterocycles. The molecule has 0 aliphatic heterocycles. The molecular weight excluding hydrogens is 178 g/mol. The minimum absolute atomic E-state index is 0.0689. The first-order valence-electron chi connectivity index (χ1n) is 4.27. The van der Waals surface area contributed by atoms with Gasteiger partial charge in [-0.25, -0.2) is 0 Å². The van der Waals surface area contributed by atoms with E-state index < -0.39 is 0 Å². The summed E-state index contributed by atoms with van der Waals surface area (Å²) in [4.78, 5) is 21.9. The largest absolute Gasteiger partial charge is 0.311 e. The van der Waals surface area contributed by atoms with Crippen molar-refractivity contribution in [1.82, 2.24) is 4.57 Å². The highest BCUT2D eigenvalue weighted by Gasteiger charge is 1.99. The molecule has 0 radical (unpaired) electrons. The predicted octanol–water partition coefficient (Wildman–Crippen LogP) is 1.35. The first kappa shape index (κ1) is 8.69. The highest BCUT2D eigenvalue weighted by atomic mass is 16.1. The number of hydrogen-bond acceptors (Lipinski definition) is 2. The Morgan fingerprint density at radius 3 is 2.64 bits per heavy atom. The molecule has 14 heavy (non-hydrogen) atoms. The van der Waals surface area contributed by atoms with Crippen LogP contribution >= 0.6 is 0 Å². The second-order valence-electron chi connectivity index (χ2n) is 3.17. The Labute approximate surface area is 80.6 Å². The number of pyridine rings is 1. The molecule has 70 valence electrons. The van der Waals surface area contributed by atoms with Crippen molar-refractivity contribution < 1.29 is 4.79 Å². The van der Waals surface area contributed by atoms with Crippen molar-refractivity contribution in [3.8, 4) is 0 Å². The van der Waals surface area contributed by atoms with E-state index in [1.54, 1.807) is 25.2 Å². The quantitative estimate of drug-likeness (QED) is 0.632. The molecule has 1 aromatic carbocycles. The lowest BCUT2D eigenvalue weighted by atomic mass is 10.1. The van der Waals surface area contributed by atoms with Crippen LogP contribution in [0.5, 0.6) is 0 Å². The molecular formula is C11H9NO2. The van der Waals surface area contributed by atoms with E-state index in [4.69, 9.17) is 0 Å². The van der Waals surface area contributed by atoms with Gasteiger partial charge in [0.05, 0.1) is 5.52 Å². The first-order chi connectivity index (χ1) is 6.72. The minimum atomic E-state index is -0.0689. The molecule has 3 heteroatoms. The van der Waals surface area contributed by atoms with Gasteiger partial charge in [0.15, 0.2) is 0 Å². The van der Waals surface area contributed by atoms with Crippen molar-refractivity contribution in [3.05, 3.63) is 46.2 Å². The number of aldehydes is 1. The first-order valence-corrected chi connectivity index (χ1v) is 4.27. The summed E-state index contributed by atoms with van der Waals surface area (Å²) in [7, 11) is 1.69. The fraction of sp³-hybridized carbons (Fsp3) is 0.0909. The van der Waals surface area contributed by atoms with E-state index in [2.05, 4.69) is 0 Å². The van der Waals surface area contributed by atoms with E-state index in [0.29, 0.717) is 5.56 Å². The third kappa shape index (κ3) is 1.23. The van der Waals surface area contributed by atoms with Gasteiger partial charge >= 0.3 is 0 Å². The van der Waals surface area contributed by atoms with Gasteiger partial charge in [0.2, 0.25) is 0 Å². The molecule has 0 spiro atoms. The number of aryl methyl sites for hydroxylation is 1. The van der Waals surface area contributed by atoms with Crippen LogP contribution < -0.4 is 5.56 Å². The SMILES string of the molecule is Cn1c(=O)ccc2ccc(C=O)cc21. The second kappa shape index (κ2) is 3.10. The third-order valence-corrected chi connectivity index (χ3v) is 2.29. The highest BCUT2D eigenvalue weighted by molar-refractivity contribution is 5.86. The summed E-state index contributed by atoms with van der Waals surface area (Å²) in [6.45, 7) is 0. The summed E-state index contributed by atoms with van der Waals surface area (Å²) in [6.07, 6.45) is 0.775. The van der Waals surface area contributed by atoms with Crippen molar-refractivity contribution in [2.24, 2.45) is 7.05 Å². The number of fused-ring (bicyclic) bond motifs is 1. The van der Waals surface area contributed by atoms with E-state index >= 15 is 0 Å². The van der Waals surface area contributed by atoms with Crippen molar-refractivity contribution >= 4 is 17.2 Å². The lowest BCUT2D eigenvalue weighted by molar-refractivity contribution is 0.112. The highest BCUT2D eigenvalue weighted by Crippen LogP contribution is 2.12. The van der Waals surface area contributed by atoms with Gasteiger partial charge in [0.25, 0.3) is 5.56 Å². The van der Waals surface area contributed by atoms with Crippen LogP contribution in [0.3, 0.4) is 0 Å². The van der Waals surface area contributed by atoms with Gasteiger partial charge in [-0.15, -0.1) is 0 Å². The van der Waals surface area contributed by atoms with Gasteiger partial charge in [0, 0.05) is 18.7 Å². The number of benzene rings is 1. The number of carbonyl (C=O) groups excluding carboxylic acids is 1. The van der Waals surface area contributed by atoms with E-state index in [9.17, 15) is 9.59 Å². The van der Waals surface area contributed by atoms with Gasteiger partial charge in [-0.2, -0.15) is 0 Å². The Kier molecular flexibility index (Phi) is 1.93. The number of aromatic nitrogens is 1. The zero-order chi connectivity index (χ0) is 10.1. The zero-order valence-electron chi connectivity index (χ0n) is 7.73. The maximum absolute atomic E-state index is 11.3. The Hall–Kier alpha value is -1.90. The maximum atomic E-state index is 11.3. The average molecular weight is 187 g/mol. The topological polar surface area (TPSA) is 39.1 Å². The van der Waals surface area contributed by atoms with Crippen LogP contribution in [0.2, 0.25) is 0 Å². The molecule has 1 aromatic heterocycles. The van der Waals surface area contributed by atoms with Gasteiger partial charge in [0.1, 0.15) is 6.29 Å². The molecule has 3 nitrogen and oxygen atoms in total. The molecule has 0 unspecified atom stereocenters. The summed E-state index contributed by atoms with van der Waals surface area (Å²) in [6, 6.07) is 8.55. The Bertz CT molecular complexity index is 555. The summed E-state index contributed by atoms with van der Waals surface area (Å²) in [5, 5.41) is 0.956. The number of nitrogens with zero attached hydrogens (tertiary/aromatic N) is 1. The molecule has 0 bridgehead atoms. The summed E-state index contributed by atoms with van der Waals surface area (Å²) in [5.41, 5.74) is 1.29. The number of hydrogen-bond donors (Lipinski definition) is 0. The van der Waals surface area contributed by atoms with E-state index in [-0.39, 0.29) is 5.56 Å². The van der Waals surface area contributed by atoms with Crippen molar-refractivity contribution in [2.75, 3.05) is 0 Å². The Balaban J connectivity index is 2.91. The fourth-order valence-electron chi connectivity index (χ4n) is 1.46. The molecule has 0 aliphatic rings. The van der Waals surface area contributed by atoms with E-state index in [1.165, 1.54) is 10.6 Å². The molecule has 1 heterocycles. The van der Waals surface area contributed by atoms with Crippen molar-refractivity contribution in [2.45, 2.75) is 0 Å². The Morgan fingerprint density at radius 1 is 1.21 bits per heavy atom. The summed E-state index contributed by atoms with van der Waals surface area (Å²) < 4.78 is 1.53. The van der Waals surface area contributed by atoms with Gasteiger partial charge in [-0.1, -0.05) is 12.1 Å². The fourth-order valence-corrected chi connectivity index (χ4v) is 1.46. The van der Waals surface area contributed by atoms with Crippen molar-refractivity contribution in [1.29, 1.82) is 0 Å². The molecule has 2 aromatic rings. The van der Waals surface area contributed by atoms with Crippen LogP contribution in [-0.2, 0) is 7.05 Å². The molecule has 0 amide bonds. The molecule has 0 fully saturated rings. The van der Waals surface area contributed by atoms with Crippen LogP contribution in [0.15, 0.2) is 35.1 Å². The normalized spacial score (nSPS) is 10.4. The lowest BCUT2D eigenvalue weighted by Crippen LogP contribution is -2.15. The smallest absolute Gasteiger partial charge is 0.250 e. The minimum Gasteiger partial charge on any atom is -0.311 e. The van der Waals surface area contributed by atoms with Gasteiger partial charge < -0.3 is 4.57 Å². The standard InChI is InChI=1S/C11H9NO2/c1-12-10-6-8(7-13)2-3-9(10)4-5-11(12)14/h2-7H,1H3. The van der Waals surface area contributed by atoms with E-state index in [0.717, 1.165) is 17.2 Å². The molecule has 0 saturated carbocycles. The molecule has 0 N–H and O–H groups in total. The number of rotatable bonds is 1. The number of carbonyl (C=O) groups is 1. The van der Waals surface area contributed by atoms with Crippen LogP contribution in [0.25, 0.3) is 10.9 Å². The van der Waals surface area contributed by atoms with Crippen LogP contribution in [0, 0.1) is 0 Å². The van der Waals surface area contributed by atoms with Crippen LogP contribution in [0.1, 0.15) is 10.4 Å². The van der Waals surface area contributed by atoms with E-state index in [1.807, 2.05) is 6.07 Å². The average Bonchev–Trinajstić information content (AvgIpc) is 2.23. The van der Waals surface area contributed by atoms with Gasteiger partial charge in [-0.05, 0) is 17.5 Å².